The normalized spacial score (nSPS) is 20.3. The van der Waals surface area contributed by atoms with Crippen molar-refractivity contribution in [1.29, 1.82) is 0 Å². The Morgan fingerprint density at radius 2 is 2.41 bits per heavy atom. The van der Waals surface area contributed by atoms with E-state index in [0.717, 1.165) is 0 Å². The van der Waals surface area contributed by atoms with Gasteiger partial charge >= 0.3 is 0 Å². The van der Waals surface area contributed by atoms with Gasteiger partial charge in [-0.1, -0.05) is 11.6 Å². The molecular formula is C10H13ClN4O2. The van der Waals surface area contributed by atoms with E-state index in [1.165, 1.54) is 6.20 Å². The lowest BCUT2D eigenvalue weighted by Crippen LogP contribution is -2.53. The van der Waals surface area contributed by atoms with Gasteiger partial charge in [0, 0.05) is 12.7 Å². The lowest BCUT2D eigenvalue weighted by molar-refractivity contribution is -0.121. The fourth-order valence-corrected chi connectivity index (χ4v) is 1.95. The smallest absolute Gasteiger partial charge is 0.242 e. The van der Waals surface area contributed by atoms with E-state index in [0.29, 0.717) is 29.7 Å². The minimum Gasteiger partial charge on any atom is -0.396 e. The molecule has 1 saturated heterocycles. The van der Waals surface area contributed by atoms with Crippen LogP contribution in [0.4, 0.5) is 11.5 Å². The third-order valence-corrected chi connectivity index (χ3v) is 2.80. The highest BCUT2D eigenvalue weighted by Gasteiger charge is 2.29. The quantitative estimate of drug-likeness (QED) is 0.777. The van der Waals surface area contributed by atoms with Crippen LogP contribution in [0.1, 0.15) is 0 Å². The van der Waals surface area contributed by atoms with Gasteiger partial charge in [-0.25, -0.2) is 4.98 Å². The van der Waals surface area contributed by atoms with E-state index in [-0.39, 0.29) is 6.61 Å². The Balaban J connectivity index is 2.32. The maximum Gasteiger partial charge on any atom is 0.242 e. The number of hydrogen-bond acceptors (Lipinski definition) is 5. The topological polar surface area (TPSA) is 94.5 Å². The lowest BCUT2D eigenvalue weighted by atomic mass is 10.2. The van der Waals surface area contributed by atoms with Crippen molar-refractivity contribution in [2.75, 3.05) is 30.4 Å². The Labute approximate surface area is 103 Å². The summed E-state index contributed by atoms with van der Waals surface area (Å²) in [5.41, 5.74) is 11.6. The summed E-state index contributed by atoms with van der Waals surface area (Å²) < 4.78 is 5.22. The molecule has 1 aliphatic rings. The highest BCUT2D eigenvalue weighted by atomic mass is 35.5. The van der Waals surface area contributed by atoms with Gasteiger partial charge in [0.15, 0.2) is 5.82 Å². The minimum absolute atomic E-state index is 0.249. The van der Waals surface area contributed by atoms with Crippen molar-refractivity contribution in [2.45, 2.75) is 6.04 Å². The van der Waals surface area contributed by atoms with Crippen LogP contribution in [0, 0.1) is 0 Å². The summed E-state index contributed by atoms with van der Waals surface area (Å²) in [4.78, 5) is 17.2. The van der Waals surface area contributed by atoms with Gasteiger partial charge < -0.3 is 21.1 Å². The Bertz CT molecular complexity index is 440. The van der Waals surface area contributed by atoms with E-state index in [2.05, 4.69) is 4.98 Å². The molecule has 0 aliphatic carbocycles. The van der Waals surface area contributed by atoms with Crippen LogP contribution >= 0.6 is 11.6 Å². The van der Waals surface area contributed by atoms with Crippen molar-refractivity contribution < 1.29 is 9.53 Å². The number of pyridine rings is 1. The minimum atomic E-state index is -0.542. The Kier molecular flexibility index (Phi) is 3.35. The van der Waals surface area contributed by atoms with Gasteiger partial charge in [-0.15, -0.1) is 0 Å². The molecule has 0 bridgehead atoms. The molecule has 7 heteroatoms. The molecule has 0 radical (unpaired) electrons. The summed E-state index contributed by atoms with van der Waals surface area (Å²) in [7, 11) is 0. The van der Waals surface area contributed by atoms with Crippen LogP contribution < -0.4 is 16.4 Å². The number of ether oxygens (including phenoxy) is 1. The van der Waals surface area contributed by atoms with Crippen LogP contribution in [-0.4, -0.2) is 36.7 Å². The van der Waals surface area contributed by atoms with Crippen LogP contribution in [0.15, 0.2) is 12.3 Å². The molecule has 2 rings (SSSR count). The second kappa shape index (κ2) is 4.77. The number of rotatable bonds is 2. The fraction of sp³-hybridized carbons (Fsp3) is 0.400. The van der Waals surface area contributed by atoms with Gasteiger partial charge in [0.25, 0.3) is 0 Å². The molecule has 1 unspecified atom stereocenters. The van der Waals surface area contributed by atoms with E-state index in [9.17, 15) is 4.79 Å². The molecule has 1 fully saturated rings. The van der Waals surface area contributed by atoms with Crippen LogP contribution in [0.5, 0.6) is 0 Å². The molecule has 0 spiro atoms. The number of hydrogen-bond donors (Lipinski definition) is 2. The summed E-state index contributed by atoms with van der Waals surface area (Å²) in [5.74, 6) is 0.0577. The standard InChI is InChI=1S/C10H13ClN4O2/c11-6-3-7(12)10(14-4-6)15-1-2-17-5-8(15)9(13)16/h3-4,8H,1-2,5,12H2,(H2,13,16). The van der Waals surface area contributed by atoms with Crippen molar-refractivity contribution in [3.63, 3.8) is 0 Å². The van der Waals surface area contributed by atoms with Crippen LogP contribution in [0.25, 0.3) is 0 Å². The average molecular weight is 257 g/mol. The number of nitrogen functional groups attached to an aromatic ring is 1. The largest absolute Gasteiger partial charge is 0.396 e. The van der Waals surface area contributed by atoms with E-state index in [4.69, 9.17) is 27.8 Å². The molecule has 1 aliphatic heterocycles. The predicted octanol–water partition coefficient (Wildman–Crippen LogP) is 0.00770. The highest BCUT2D eigenvalue weighted by molar-refractivity contribution is 6.30. The van der Waals surface area contributed by atoms with Gasteiger partial charge in [0.2, 0.25) is 5.91 Å². The maximum absolute atomic E-state index is 11.3. The molecule has 1 aromatic rings. The number of nitrogens with two attached hydrogens (primary N) is 2. The summed E-state index contributed by atoms with van der Waals surface area (Å²) in [5, 5.41) is 0.454. The molecule has 0 aromatic carbocycles. The van der Waals surface area contributed by atoms with Gasteiger partial charge in [-0.3, -0.25) is 4.79 Å². The molecule has 1 aromatic heterocycles. The highest BCUT2D eigenvalue weighted by Crippen LogP contribution is 2.26. The summed E-state index contributed by atoms with van der Waals surface area (Å²) in [6.45, 7) is 1.28. The van der Waals surface area contributed by atoms with E-state index < -0.39 is 11.9 Å². The molecule has 1 amide bonds. The number of anilines is 2. The summed E-state index contributed by atoms with van der Waals surface area (Å²) in [6, 6.07) is 1.05. The third kappa shape index (κ3) is 2.42. The molecular weight excluding hydrogens is 244 g/mol. The fourth-order valence-electron chi connectivity index (χ4n) is 1.78. The molecule has 17 heavy (non-hydrogen) atoms. The monoisotopic (exact) mass is 256 g/mol. The van der Waals surface area contributed by atoms with Crippen molar-refractivity contribution in [3.05, 3.63) is 17.3 Å². The molecule has 92 valence electrons. The van der Waals surface area contributed by atoms with Crippen molar-refractivity contribution in [1.82, 2.24) is 4.98 Å². The Morgan fingerprint density at radius 3 is 3.06 bits per heavy atom. The number of halogens is 1. The first-order valence-corrected chi connectivity index (χ1v) is 5.52. The number of amides is 1. The zero-order chi connectivity index (χ0) is 12.4. The van der Waals surface area contributed by atoms with Gasteiger partial charge in [0.05, 0.1) is 23.9 Å². The Hall–Kier alpha value is -1.53. The second-order valence-electron chi connectivity index (χ2n) is 3.75. The molecule has 6 nitrogen and oxygen atoms in total. The van der Waals surface area contributed by atoms with Crippen molar-refractivity contribution in [2.24, 2.45) is 5.73 Å². The first-order valence-electron chi connectivity index (χ1n) is 5.14. The number of morpholine rings is 1. The van der Waals surface area contributed by atoms with Crippen LogP contribution in [0.3, 0.4) is 0 Å². The average Bonchev–Trinajstić information content (AvgIpc) is 2.29. The van der Waals surface area contributed by atoms with Crippen molar-refractivity contribution >= 4 is 29.0 Å². The maximum atomic E-state index is 11.3. The number of carbonyl (C=O) groups excluding carboxylic acids is 1. The Morgan fingerprint density at radius 1 is 1.65 bits per heavy atom. The molecule has 1 atom stereocenters. The number of primary amides is 1. The molecule has 0 saturated carbocycles. The van der Waals surface area contributed by atoms with E-state index in [1.807, 2.05) is 0 Å². The van der Waals surface area contributed by atoms with Gasteiger partial charge in [-0.2, -0.15) is 0 Å². The van der Waals surface area contributed by atoms with E-state index >= 15 is 0 Å². The van der Waals surface area contributed by atoms with Crippen molar-refractivity contribution in [3.8, 4) is 0 Å². The zero-order valence-corrected chi connectivity index (χ0v) is 9.85. The van der Waals surface area contributed by atoms with Gasteiger partial charge in [0.1, 0.15) is 6.04 Å². The zero-order valence-electron chi connectivity index (χ0n) is 9.10. The summed E-state index contributed by atoms with van der Waals surface area (Å²) >= 11 is 5.78. The SMILES string of the molecule is NC(=O)C1COCCN1c1ncc(Cl)cc1N. The first kappa shape index (κ1) is 11.9. The summed E-state index contributed by atoms with van der Waals surface area (Å²) in [6.07, 6.45) is 1.49. The molecule has 2 heterocycles. The number of aromatic nitrogens is 1. The second-order valence-corrected chi connectivity index (χ2v) is 4.19. The third-order valence-electron chi connectivity index (χ3n) is 2.59. The van der Waals surface area contributed by atoms with Gasteiger partial charge in [-0.05, 0) is 6.07 Å². The predicted molar refractivity (Wildman–Crippen MR) is 64.8 cm³/mol. The first-order chi connectivity index (χ1) is 8.09. The van der Waals surface area contributed by atoms with E-state index in [1.54, 1.807) is 11.0 Å². The van der Waals surface area contributed by atoms with Crippen LogP contribution in [0.2, 0.25) is 5.02 Å². The lowest BCUT2D eigenvalue weighted by Gasteiger charge is -2.34. The number of nitrogens with zero attached hydrogens (tertiary/aromatic N) is 2. The molecule has 4 N–H and O–H groups in total. The number of carbonyl (C=O) groups is 1. The van der Waals surface area contributed by atoms with Crippen LogP contribution in [-0.2, 0) is 9.53 Å².